The van der Waals surface area contributed by atoms with Crippen LogP contribution in [0.3, 0.4) is 0 Å². The Hall–Kier alpha value is -2.86. The van der Waals surface area contributed by atoms with Crippen LogP contribution in [-0.4, -0.2) is 30.7 Å². The van der Waals surface area contributed by atoms with E-state index in [2.05, 4.69) is 15.8 Å². The average Bonchev–Trinajstić information content (AvgIpc) is 2.67. The van der Waals surface area contributed by atoms with Gasteiger partial charge in [-0.2, -0.15) is 5.10 Å². The molecular weight excluding hydrogens is 378 g/mol. The zero-order chi connectivity index (χ0) is 20.5. The van der Waals surface area contributed by atoms with Gasteiger partial charge in [-0.05, 0) is 43.2 Å². The molecule has 0 saturated carbocycles. The minimum absolute atomic E-state index is 0.131. The first-order valence-electron chi connectivity index (χ1n) is 9.03. The van der Waals surface area contributed by atoms with Crippen molar-refractivity contribution < 1.29 is 14.3 Å². The number of ether oxygens (including phenoxy) is 1. The Balaban J connectivity index is 2.04. The summed E-state index contributed by atoms with van der Waals surface area (Å²) >= 11 is 5.92. The van der Waals surface area contributed by atoms with Crippen molar-refractivity contribution in [2.75, 3.05) is 6.61 Å². The van der Waals surface area contributed by atoms with E-state index in [4.69, 9.17) is 16.3 Å². The van der Waals surface area contributed by atoms with E-state index in [-0.39, 0.29) is 11.8 Å². The molecule has 7 heteroatoms. The Kier molecular flexibility index (Phi) is 8.02. The molecule has 0 aliphatic rings. The maximum Gasteiger partial charge on any atom is 0.262 e. The third-order valence-corrected chi connectivity index (χ3v) is 4.15. The van der Waals surface area contributed by atoms with E-state index in [1.165, 1.54) is 6.21 Å². The minimum atomic E-state index is -0.745. The predicted octanol–water partition coefficient (Wildman–Crippen LogP) is 3.64. The lowest BCUT2D eigenvalue weighted by Gasteiger charge is -2.20. The summed E-state index contributed by atoms with van der Waals surface area (Å²) in [7, 11) is 0. The molecular formula is C21H24ClN3O3. The highest BCUT2D eigenvalue weighted by Crippen LogP contribution is 2.15. The highest BCUT2D eigenvalue weighted by molar-refractivity contribution is 6.31. The Morgan fingerprint density at radius 2 is 1.93 bits per heavy atom. The number of nitrogens with one attached hydrogen (secondary N) is 2. The zero-order valence-corrected chi connectivity index (χ0v) is 16.9. The van der Waals surface area contributed by atoms with Crippen LogP contribution in [-0.2, 0) is 4.79 Å². The predicted molar refractivity (Wildman–Crippen MR) is 111 cm³/mol. The maximum atomic E-state index is 12.5. The molecule has 0 saturated heterocycles. The van der Waals surface area contributed by atoms with Gasteiger partial charge in [0, 0.05) is 16.1 Å². The van der Waals surface area contributed by atoms with Crippen molar-refractivity contribution in [3.05, 3.63) is 64.7 Å². The van der Waals surface area contributed by atoms with Crippen LogP contribution in [0.25, 0.3) is 0 Å². The third kappa shape index (κ3) is 6.09. The lowest BCUT2D eigenvalue weighted by molar-refractivity contribution is -0.123. The van der Waals surface area contributed by atoms with Crippen molar-refractivity contribution >= 4 is 29.6 Å². The van der Waals surface area contributed by atoms with Gasteiger partial charge in [-0.25, -0.2) is 5.43 Å². The third-order valence-electron chi connectivity index (χ3n) is 3.92. The molecule has 28 heavy (non-hydrogen) atoms. The lowest BCUT2D eigenvalue weighted by atomic mass is 10.0. The number of benzene rings is 2. The summed E-state index contributed by atoms with van der Waals surface area (Å²) in [4.78, 5) is 24.9. The molecule has 2 N–H and O–H groups in total. The molecule has 1 atom stereocenters. The molecule has 2 amide bonds. The maximum absolute atomic E-state index is 12.5. The molecule has 0 heterocycles. The van der Waals surface area contributed by atoms with Crippen LogP contribution >= 0.6 is 11.6 Å². The average molecular weight is 402 g/mol. The van der Waals surface area contributed by atoms with Gasteiger partial charge in [-0.1, -0.05) is 43.6 Å². The van der Waals surface area contributed by atoms with E-state index >= 15 is 0 Å². The van der Waals surface area contributed by atoms with Crippen LogP contribution in [0.5, 0.6) is 5.75 Å². The number of nitrogens with zero attached hydrogens (tertiary/aromatic N) is 1. The van der Waals surface area contributed by atoms with Crippen LogP contribution in [0.4, 0.5) is 0 Å². The van der Waals surface area contributed by atoms with E-state index in [0.29, 0.717) is 22.9 Å². The van der Waals surface area contributed by atoms with E-state index < -0.39 is 11.9 Å². The van der Waals surface area contributed by atoms with Gasteiger partial charge in [0.15, 0.2) is 0 Å². The van der Waals surface area contributed by atoms with Gasteiger partial charge in [0.2, 0.25) is 0 Å². The fraction of sp³-hybridized carbons (Fsp3) is 0.286. The van der Waals surface area contributed by atoms with Crippen LogP contribution in [0.1, 0.15) is 36.7 Å². The Morgan fingerprint density at radius 3 is 2.61 bits per heavy atom. The van der Waals surface area contributed by atoms with E-state index in [1.807, 2.05) is 45.0 Å². The second kappa shape index (κ2) is 10.5. The van der Waals surface area contributed by atoms with Crippen LogP contribution in [0.15, 0.2) is 53.6 Å². The second-order valence-corrected chi connectivity index (χ2v) is 6.85. The molecule has 6 nitrogen and oxygen atoms in total. The summed E-state index contributed by atoms with van der Waals surface area (Å²) in [5.41, 5.74) is 3.62. The molecule has 0 fully saturated rings. The number of carbonyl (C=O) groups excluding carboxylic acids is 2. The van der Waals surface area contributed by atoms with Gasteiger partial charge in [-0.3, -0.25) is 9.59 Å². The van der Waals surface area contributed by atoms with Crippen molar-refractivity contribution in [1.29, 1.82) is 0 Å². The number of amides is 2. The summed E-state index contributed by atoms with van der Waals surface area (Å²) in [6.45, 7) is 6.11. The first kappa shape index (κ1) is 21.4. The molecule has 0 aliphatic heterocycles. The first-order valence-corrected chi connectivity index (χ1v) is 9.41. The molecule has 1 unspecified atom stereocenters. The highest BCUT2D eigenvalue weighted by atomic mass is 35.5. The molecule has 0 aromatic heterocycles. The van der Waals surface area contributed by atoms with Gasteiger partial charge in [0.05, 0.1) is 12.8 Å². The van der Waals surface area contributed by atoms with E-state index in [1.54, 1.807) is 24.3 Å². The quantitative estimate of drug-likeness (QED) is 0.523. The number of rotatable bonds is 8. The van der Waals surface area contributed by atoms with Crippen molar-refractivity contribution in [2.45, 2.75) is 26.8 Å². The molecule has 148 valence electrons. The molecule has 2 rings (SSSR count). The summed E-state index contributed by atoms with van der Waals surface area (Å²) < 4.78 is 5.52. The van der Waals surface area contributed by atoms with Crippen LogP contribution in [0, 0.1) is 5.92 Å². The van der Waals surface area contributed by atoms with E-state index in [9.17, 15) is 9.59 Å². The smallest absolute Gasteiger partial charge is 0.262 e. The fourth-order valence-corrected chi connectivity index (χ4v) is 2.69. The topological polar surface area (TPSA) is 79.8 Å². The van der Waals surface area contributed by atoms with Gasteiger partial charge >= 0.3 is 0 Å². The highest BCUT2D eigenvalue weighted by Gasteiger charge is 2.24. The van der Waals surface area contributed by atoms with Crippen molar-refractivity contribution in [2.24, 2.45) is 11.0 Å². The first-order chi connectivity index (χ1) is 13.4. The molecule has 0 spiro atoms. The van der Waals surface area contributed by atoms with Gasteiger partial charge in [0.25, 0.3) is 11.8 Å². The summed E-state index contributed by atoms with van der Waals surface area (Å²) in [6, 6.07) is 13.2. The van der Waals surface area contributed by atoms with Gasteiger partial charge < -0.3 is 10.1 Å². The second-order valence-electron chi connectivity index (χ2n) is 6.41. The van der Waals surface area contributed by atoms with Crippen molar-refractivity contribution in [3.8, 4) is 5.75 Å². The molecule has 0 bridgehead atoms. The van der Waals surface area contributed by atoms with Crippen molar-refractivity contribution in [1.82, 2.24) is 10.7 Å². The number of para-hydroxylation sites is 1. The fourth-order valence-electron chi connectivity index (χ4n) is 2.50. The SMILES string of the molecule is CCOc1ccccc1/C=N\NC(=O)C(NC(=O)c1cccc(Cl)c1)C(C)C. The number of hydrogen-bond donors (Lipinski definition) is 2. The Morgan fingerprint density at radius 1 is 1.18 bits per heavy atom. The minimum Gasteiger partial charge on any atom is -0.493 e. The van der Waals surface area contributed by atoms with Gasteiger partial charge in [-0.15, -0.1) is 0 Å². The molecule has 0 aliphatic carbocycles. The molecule has 0 radical (unpaired) electrons. The van der Waals surface area contributed by atoms with Crippen LogP contribution < -0.4 is 15.5 Å². The number of hydrogen-bond acceptors (Lipinski definition) is 4. The van der Waals surface area contributed by atoms with Crippen molar-refractivity contribution in [3.63, 3.8) is 0 Å². The molecule has 2 aromatic rings. The number of halogens is 1. The monoisotopic (exact) mass is 401 g/mol. The summed E-state index contributed by atoms with van der Waals surface area (Å²) in [5.74, 6) is -0.232. The van der Waals surface area contributed by atoms with Crippen LogP contribution in [0.2, 0.25) is 5.02 Å². The Bertz CT molecular complexity index is 852. The largest absolute Gasteiger partial charge is 0.493 e. The van der Waals surface area contributed by atoms with Gasteiger partial charge in [0.1, 0.15) is 11.8 Å². The molecule has 2 aromatic carbocycles. The standard InChI is InChI=1S/C21H24ClN3O3/c1-4-28-18-11-6-5-8-16(18)13-23-25-21(27)19(14(2)3)24-20(26)15-9-7-10-17(22)12-15/h5-14,19H,4H2,1-3H3,(H,24,26)(H,25,27)/b23-13-. The normalized spacial score (nSPS) is 12.0. The summed E-state index contributed by atoms with van der Waals surface area (Å²) in [5, 5.41) is 7.19. The number of hydrazone groups is 1. The number of carbonyl (C=O) groups is 2. The Labute approximate surface area is 169 Å². The summed E-state index contributed by atoms with van der Waals surface area (Å²) in [6.07, 6.45) is 1.51. The zero-order valence-electron chi connectivity index (χ0n) is 16.1. The lowest BCUT2D eigenvalue weighted by Crippen LogP contribution is -2.48. The van der Waals surface area contributed by atoms with E-state index in [0.717, 1.165) is 5.56 Å².